The van der Waals surface area contributed by atoms with Crippen LogP contribution < -0.4 is 5.32 Å². The highest BCUT2D eigenvalue weighted by molar-refractivity contribution is 6.02. The van der Waals surface area contributed by atoms with E-state index in [1.807, 2.05) is 13.1 Å². The molecular formula is C15H21N3. The third-order valence-corrected chi connectivity index (χ3v) is 4.30. The molecule has 0 aromatic heterocycles. The molecule has 0 bridgehead atoms. The van der Waals surface area contributed by atoms with Gasteiger partial charge in [0.1, 0.15) is 5.54 Å². The van der Waals surface area contributed by atoms with Gasteiger partial charge >= 0.3 is 0 Å². The molecule has 0 aliphatic carbocycles. The van der Waals surface area contributed by atoms with Crippen molar-refractivity contribution < 1.29 is 0 Å². The van der Waals surface area contributed by atoms with E-state index < -0.39 is 5.54 Å². The number of hydrogen-bond acceptors (Lipinski definition) is 3. The summed E-state index contributed by atoms with van der Waals surface area (Å²) >= 11 is 0. The van der Waals surface area contributed by atoms with Gasteiger partial charge in [-0.25, -0.2) is 0 Å². The Morgan fingerprint density at radius 3 is 2.44 bits per heavy atom. The molecule has 2 aliphatic rings. The Bertz CT molecular complexity index is 500. The Morgan fingerprint density at radius 1 is 1.33 bits per heavy atom. The number of allylic oxidation sites excluding steroid dienone is 3. The molecule has 0 saturated carbocycles. The summed E-state index contributed by atoms with van der Waals surface area (Å²) in [6.45, 7) is 10.5. The van der Waals surface area contributed by atoms with Crippen LogP contribution in [-0.2, 0) is 0 Å². The summed E-state index contributed by atoms with van der Waals surface area (Å²) in [5.41, 5.74) is 1.59. The SMILES string of the molecule is CC1(C)C=CN=C1/C=C1/CC(C)(C)C(C)(C#N)N1. The van der Waals surface area contributed by atoms with Crippen LogP contribution in [0.5, 0.6) is 0 Å². The van der Waals surface area contributed by atoms with E-state index in [2.05, 4.69) is 56.2 Å². The molecular weight excluding hydrogens is 222 g/mol. The minimum Gasteiger partial charge on any atom is -0.370 e. The van der Waals surface area contributed by atoms with E-state index in [0.717, 1.165) is 17.8 Å². The summed E-state index contributed by atoms with van der Waals surface area (Å²) in [4.78, 5) is 4.41. The minimum absolute atomic E-state index is 0.00947. The van der Waals surface area contributed by atoms with Crippen molar-refractivity contribution in [2.45, 2.75) is 46.6 Å². The van der Waals surface area contributed by atoms with Crippen LogP contribution in [0.3, 0.4) is 0 Å². The first-order chi connectivity index (χ1) is 8.20. The smallest absolute Gasteiger partial charge is 0.127 e. The van der Waals surface area contributed by atoms with E-state index in [1.54, 1.807) is 0 Å². The molecule has 3 nitrogen and oxygen atoms in total. The zero-order valence-corrected chi connectivity index (χ0v) is 11.8. The summed E-state index contributed by atoms with van der Waals surface area (Å²) in [7, 11) is 0. The molecule has 1 atom stereocenters. The van der Waals surface area contributed by atoms with Crippen molar-refractivity contribution in [3.63, 3.8) is 0 Å². The molecule has 2 rings (SSSR count). The van der Waals surface area contributed by atoms with E-state index >= 15 is 0 Å². The van der Waals surface area contributed by atoms with Crippen molar-refractivity contribution in [3.8, 4) is 6.07 Å². The number of nitrogens with zero attached hydrogens (tertiary/aromatic N) is 2. The molecule has 18 heavy (non-hydrogen) atoms. The second kappa shape index (κ2) is 3.71. The number of nitriles is 1. The largest absolute Gasteiger partial charge is 0.370 e. The van der Waals surface area contributed by atoms with Crippen LogP contribution in [0.1, 0.15) is 41.0 Å². The minimum atomic E-state index is -0.504. The van der Waals surface area contributed by atoms with Gasteiger partial charge in [-0.1, -0.05) is 33.8 Å². The number of nitrogens with one attached hydrogen (secondary N) is 1. The first kappa shape index (κ1) is 12.9. The van der Waals surface area contributed by atoms with Gasteiger partial charge in [0.15, 0.2) is 0 Å². The van der Waals surface area contributed by atoms with Gasteiger partial charge in [-0.2, -0.15) is 5.26 Å². The summed E-state index contributed by atoms with van der Waals surface area (Å²) in [6, 6.07) is 2.40. The van der Waals surface area contributed by atoms with Gasteiger partial charge in [-0.3, -0.25) is 4.99 Å². The number of rotatable bonds is 1. The highest BCUT2D eigenvalue weighted by Gasteiger charge is 2.48. The maximum Gasteiger partial charge on any atom is 0.127 e. The maximum absolute atomic E-state index is 9.36. The summed E-state index contributed by atoms with van der Waals surface area (Å²) in [5, 5.41) is 12.7. The summed E-state index contributed by atoms with van der Waals surface area (Å²) in [6.07, 6.45) is 6.94. The van der Waals surface area contributed by atoms with Crippen molar-refractivity contribution in [1.29, 1.82) is 5.26 Å². The van der Waals surface area contributed by atoms with Gasteiger partial charge in [0, 0.05) is 22.7 Å². The van der Waals surface area contributed by atoms with Crippen molar-refractivity contribution >= 4 is 5.71 Å². The fourth-order valence-electron chi connectivity index (χ4n) is 2.40. The lowest BCUT2D eigenvalue weighted by Crippen LogP contribution is -2.44. The van der Waals surface area contributed by atoms with Crippen molar-refractivity contribution in [3.05, 3.63) is 24.0 Å². The summed E-state index contributed by atoms with van der Waals surface area (Å²) in [5.74, 6) is 0. The molecule has 2 heterocycles. The second-order valence-corrected chi connectivity index (χ2v) is 6.64. The van der Waals surface area contributed by atoms with Crippen LogP contribution in [-0.4, -0.2) is 11.3 Å². The Morgan fingerprint density at radius 2 is 2.00 bits per heavy atom. The monoisotopic (exact) mass is 243 g/mol. The molecule has 0 spiro atoms. The first-order valence-corrected chi connectivity index (χ1v) is 6.36. The fourth-order valence-corrected chi connectivity index (χ4v) is 2.40. The zero-order chi connectivity index (χ0) is 13.6. The van der Waals surface area contributed by atoms with Crippen LogP contribution in [0.2, 0.25) is 0 Å². The molecule has 2 aliphatic heterocycles. The molecule has 96 valence electrons. The molecule has 1 saturated heterocycles. The molecule has 1 unspecified atom stereocenters. The highest BCUT2D eigenvalue weighted by atomic mass is 15.0. The molecule has 3 heteroatoms. The van der Waals surface area contributed by atoms with Crippen LogP contribution in [0.4, 0.5) is 0 Å². The molecule has 0 aromatic rings. The quantitative estimate of drug-likeness (QED) is 0.769. The Balaban J connectivity index is 2.28. The van der Waals surface area contributed by atoms with Crippen molar-refractivity contribution in [2.75, 3.05) is 0 Å². The van der Waals surface area contributed by atoms with E-state index in [9.17, 15) is 5.26 Å². The Kier molecular flexibility index (Phi) is 2.66. The average molecular weight is 243 g/mol. The van der Waals surface area contributed by atoms with E-state index in [-0.39, 0.29) is 10.8 Å². The van der Waals surface area contributed by atoms with Crippen LogP contribution >= 0.6 is 0 Å². The molecule has 0 amide bonds. The molecule has 1 N–H and O–H groups in total. The number of aliphatic imine (C=N–C) groups is 1. The average Bonchev–Trinajstić information content (AvgIpc) is 2.67. The van der Waals surface area contributed by atoms with Crippen molar-refractivity contribution in [2.24, 2.45) is 15.8 Å². The second-order valence-electron chi connectivity index (χ2n) is 6.64. The third-order valence-electron chi connectivity index (χ3n) is 4.30. The Hall–Kier alpha value is -1.56. The van der Waals surface area contributed by atoms with E-state index in [1.165, 1.54) is 0 Å². The van der Waals surface area contributed by atoms with E-state index in [0.29, 0.717) is 0 Å². The van der Waals surface area contributed by atoms with Gasteiger partial charge in [-0.15, -0.1) is 0 Å². The lowest BCUT2D eigenvalue weighted by molar-refractivity contribution is 0.264. The zero-order valence-electron chi connectivity index (χ0n) is 11.8. The molecule has 0 radical (unpaired) electrons. The van der Waals surface area contributed by atoms with Gasteiger partial charge in [-0.05, 0) is 19.4 Å². The highest BCUT2D eigenvalue weighted by Crippen LogP contribution is 2.43. The Labute approximate surface area is 109 Å². The maximum atomic E-state index is 9.36. The third kappa shape index (κ3) is 1.86. The van der Waals surface area contributed by atoms with Gasteiger partial charge < -0.3 is 5.32 Å². The standard InChI is InChI=1S/C15H21N3/c1-13(2)6-7-17-12(13)8-11-9-14(3,4)15(5,10-16)18-11/h6-8,18H,9H2,1-5H3/b11-8-. The predicted octanol–water partition coefficient (Wildman–Crippen LogP) is 3.17. The molecule has 0 aromatic carbocycles. The molecule has 1 fully saturated rings. The van der Waals surface area contributed by atoms with Crippen molar-refractivity contribution in [1.82, 2.24) is 5.32 Å². The lowest BCUT2D eigenvalue weighted by Gasteiger charge is -2.30. The topological polar surface area (TPSA) is 48.2 Å². The first-order valence-electron chi connectivity index (χ1n) is 6.36. The lowest BCUT2D eigenvalue weighted by atomic mass is 9.75. The van der Waals surface area contributed by atoms with Crippen LogP contribution in [0.25, 0.3) is 0 Å². The van der Waals surface area contributed by atoms with Crippen LogP contribution in [0, 0.1) is 22.2 Å². The summed E-state index contributed by atoms with van der Waals surface area (Å²) < 4.78 is 0. The fraction of sp³-hybridized carbons (Fsp3) is 0.600. The predicted molar refractivity (Wildman–Crippen MR) is 74.0 cm³/mol. The normalized spacial score (nSPS) is 34.2. The van der Waals surface area contributed by atoms with E-state index in [4.69, 9.17) is 0 Å². The van der Waals surface area contributed by atoms with Gasteiger partial charge in [0.2, 0.25) is 0 Å². The van der Waals surface area contributed by atoms with Gasteiger partial charge in [0.25, 0.3) is 0 Å². The van der Waals surface area contributed by atoms with Crippen LogP contribution in [0.15, 0.2) is 29.0 Å². The number of hydrogen-bond donors (Lipinski definition) is 1. The van der Waals surface area contributed by atoms with Gasteiger partial charge in [0.05, 0.1) is 11.8 Å².